The molecule has 1 aliphatic carbocycles. The van der Waals surface area contributed by atoms with Gasteiger partial charge in [0.2, 0.25) is 0 Å². The topological polar surface area (TPSA) is 69.9 Å². The fourth-order valence-corrected chi connectivity index (χ4v) is 2.94. The van der Waals surface area contributed by atoms with Gasteiger partial charge < -0.3 is 20.1 Å². The third-order valence-electron chi connectivity index (χ3n) is 4.49. The fourth-order valence-electron chi connectivity index (χ4n) is 2.94. The Bertz CT molecular complexity index is 227. The van der Waals surface area contributed by atoms with Gasteiger partial charge in [0.05, 0.1) is 12.7 Å². The zero-order chi connectivity index (χ0) is 15.0. The molecule has 1 heterocycles. The van der Waals surface area contributed by atoms with Gasteiger partial charge in [-0.15, -0.1) is 0 Å². The van der Waals surface area contributed by atoms with E-state index < -0.39 is 18.3 Å². The zero-order valence-corrected chi connectivity index (χ0v) is 13.0. The maximum atomic E-state index is 9.10. The predicted molar refractivity (Wildman–Crippen MR) is 79.5 cm³/mol. The SMILES string of the molecule is CC1CCCC(C)CCC1.OC[C@H]1OCCC(O)C1O. The maximum absolute atomic E-state index is 9.10. The first kappa shape index (κ1) is 17.9. The van der Waals surface area contributed by atoms with Crippen molar-refractivity contribution in [3.05, 3.63) is 0 Å². The van der Waals surface area contributed by atoms with Gasteiger partial charge in [0.25, 0.3) is 0 Å². The van der Waals surface area contributed by atoms with E-state index in [2.05, 4.69) is 13.8 Å². The Morgan fingerprint density at radius 1 is 0.900 bits per heavy atom. The summed E-state index contributed by atoms with van der Waals surface area (Å²) in [5.41, 5.74) is 0. The minimum Gasteiger partial charge on any atom is -0.394 e. The van der Waals surface area contributed by atoms with Crippen LogP contribution in [-0.4, -0.2) is 46.8 Å². The van der Waals surface area contributed by atoms with Crippen molar-refractivity contribution in [2.24, 2.45) is 11.8 Å². The largest absolute Gasteiger partial charge is 0.394 e. The van der Waals surface area contributed by atoms with Gasteiger partial charge in [-0.1, -0.05) is 52.4 Å². The van der Waals surface area contributed by atoms with Crippen molar-refractivity contribution in [3.8, 4) is 0 Å². The molecule has 3 N–H and O–H groups in total. The number of rotatable bonds is 1. The lowest BCUT2D eigenvalue weighted by molar-refractivity contribution is -0.147. The molecule has 3 atom stereocenters. The molecule has 1 aliphatic heterocycles. The molecular formula is C16H32O4. The number of hydrogen-bond donors (Lipinski definition) is 3. The highest BCUT2D eigenvalue weighted by Crippen LogP contribution is 2.24. The first-order valence-electron chi connectivity index (χ1n) is 8.13. The quantitative estimate of drug-likeness (QED) is 0.691. The van der Waals surface area contributed by atoms with E-state index in [0.717, 1.165) is 11.8 Å². The molecule has 0 spiro atoms. The number of aliphatic hydroxyl groups is 3. The second-order valence-corrected chi connectivity index (χ2v) is 6.51. The minimum absolute atomic E-state index is 0.238. The highest BCUT2D eigenvalue weighted by molar-refractivity contribution is 4.79. The van der Waals surface area contributed by atoms with Gasteiger partial charge in [-0.25, -0.2) is 0 Å². The second kappa shape index (κ2) is 9.72. The molecule has 1 saturated carbocycles. The smallest absolute Gasteiger partial charge is 0.109 e. The summed E-state index contributed by atoms with van der Waals surface area (Å²) in [7, 11) is 0. The standard InChI is InChI=1S/C10H20.C6H12O4/c1-9-5-3-7-10(2)8-4-6-9;7-3-5-6(9)4(8)1-2-10-5/h9-10H,3-8H2,1-2H3;4-9H,1-3H2/t;4?,5-,6?/m.1/s1. The van der Waals surface area contributed by atoms with Crippen LogP contribution in [0.4, 0.5) is 0 Å². The summed E-state index contributed by atoms with van der Waals surface area (Å²) in [4.78, 5) is 0. The summed E-state index contributed by atoms with van der Waals surface area (Å²) < 4.78 is 4.95. The number of aliphatic hydroxyl groups excluding tert-OH is 3. The average molecular weight is 288 g/mol. The molecule has 4 heteroatoms. The van der Waals surface area contributed by atoms with Crippen LogP contribution >= 0.6 is 0 Å². The molecule has 0 amide bonds. The fraction of sp³-hybridized carbons (Fsp3) is 1.00. The molecular weight excluding hydrogens is 256 g/mol. The Balaban J connectivity index is 0.000000200. The van der Waals surface area contributed by atoms with Crippen LogP contribution < -0.4 is 0 Å². The normalized spacial score (nSPS) is 39.1. The van der Waals surface area contributed by atoms with Crippen LogP contribution in [0.2, 0.25) is 0 Å². The third-order valence-corrected chi connectivity index (χ3v) is 4.49. The van der Waals surface area contributed by atoms with Crippen molar-refractivity contribution < 1.29 is 20.1 Å². The van der Waals surface area contributed by atoms with E-state index in [-0.39, 0.29) is 6.61 Å². The van der Waals surface area contributed by atoms with Crippen molar-refractivity contribution in [3.63, 3.8) is 0 Å². The van der Waals surface area contributed by atoms with Gasteiger partial charge in [-0.3, -0.25) is 0 Å². The van der Waals surface area contributed by atoms with E-state index >= 15 is 0 Å². The van der Waals surface area contributed by atoms with Crippen LogP contribution in [-0.2, 0) is 4.74 Å². The van der Waals surface area contributed by atoms with Crippen LogP contribution in [0.3, 0.4) is 0 Å². The van der Waals surface area contributed by atoms with E-state index in [1.165, 1.54) is 38.5 Å². The van der Waals surface area contributed by atoms with Crippen LogP contribution in [0.5, 0.6) is 0 Å². The summed E-state index contributed by atoms with van der Waals surface area (Å²) in [6.45, 7) is 4.97. The van der Waals surface area contributed by atoms with Crippen molar-refractivity contribution >= 4 is 0 Å². The predicted octanol–water partition coefficient (Wildman–Crippen LogP) is 2.10. The molecule has 2 aliphatic rings. The third kappa shape index (κ3) is 6.53. The van der Waals surface area contributed by atoms with Gasteiger partial charge in [0.15, 0.2) is 0 Å². The Labute approximate surface area is 123 Å². The molecule has 4 nitrogen and oxygen atoms in total. The van der Waals surface area contributed by atoms with E-state index in [1.807, 2.05) is 0 Å². The molecule has 0 aromatic carbocycles. The molecule has 2 fully saturated rings. The van der Waals surface area contributed by atoms with Gasteiger partial charge in [-0.2, -0.15) is 0 Å². The van der Waals surface area contributed by atoms with E-state index in [1.54, 1.807) is 0 Å². The summed E-state index contributed by atoms with van der Waals surface area (Å²) in [5, 5.41) is 26.7. The van der Waals surface area contributed by atoms with Gasteiger partial charge >= 0.3 is 0 Å². The molecule has 2 unspecified atom stereocenters. The molecule has 2 rings (SSSR count). The Hall–Kier alpha value is -0.160. The van der Waals surface area contributed by atoms with Gasteiger partial charge in [-0.05, 0) is 18.3 Å². The van der Waals surface area contributed by atoms with Gasteiger partial charge in [0.1, 0.15) is 12.2 Å². The lowest BCUT2D eigenvalue weighted by atomic mass is 9.88. The Kier molecular flexibility index (Phi) is 8.69. The van der Waals surface area contributed by atoms with Crippen LogP contribution in [0.25, 0.3) is 0 Å². The first-order chi connectivity index (χ1) is 9.54. The summed E-state index contributed by atoms with van der Waals surface area (Å²) in [6.07, 6.45) is 7.01. The van der Waals surface area contributed by atoms with Crippen LogP contribution in [0, 0.1) is 11.8 Å². The van der Waals surface area contributed by atoms with Crippen molar-refractivity contribution in [2.45, 2.75) is 77.1 Å². The highest BCUT2D eigenvalue weighted by atomic mass is 16.5. The van der Waals surface area contributed by atoms with Crippen molar-refractivity contribution in [2.75, 3.05) is 13.2 Å². The molecule has 1 saturated heterocycles. The van der Waals surface area contributed by atoms with E-state index in [0.29, 0.717) is 13.0 Å². The summed E-state index contributed by atoms with van der Waals surface area (Å²) in [6, 6.07) is 0. The first-order valence-corrected chi connectivity index (χ1v) is 8.13. The Morgan fingerprint density at radius 2 is 1.40 bits per heavy atom. The van der Waals surface area contributed by atoms with Gasteiger partial charge in [0, 0.05) is 6.61 Å². The van der Waals surface area contributed by atoms with Crippen molar-refractivity contribution in [1.82, 2.24) is 0 Å². The summed E-state index contributed by atoms with van der Waals surface area (Å²) in [5.74, 6) is 2.01. The minimum atomic E-state index is -0.932. The monoisotopic (exact) mass is 288 g/mol. The number of ether oxygens (including phenoxy) is 1. The lowest BCUT2D eigenvalue weighted by Crippen LogP contribution is -2.46. The van der Waals surface area contributed by atoms with Crippen molar-refractivity contribution in [1.29, 1.82) is 0 Å². The van der Waals surface area contributed by atoms with Crippen LogP contribution in [0.15, 0.2) is 0 Å². The Morgan fingerprint density at radius 3 is 1.80 bits per heavy atom. The lowest BCUT2D eigenvalue weighted by Gasteiger charge is -2.30. The van der Waals surface area contributed by atoms with E-state index in [9.17, 15) is 0 Å². The zero-order valence-electron chi connectivity index (χ0n) is 13.0. The average Bonchev–Trinajstić information content (AvgIpc) is 2.41. The summed E-state index contributed by atoms with van der Waals surface area (Å²) >= 11 is 0. The molecule has 120 valence electrons. The maximum Gasteiger partial charge on any atom is 0.109 e. The number of hydrogen-bond acceptors (Lipinski definition) is 4. The molecule has 20 heavy (non-hydrogen) atoms. The molecule has 0 radical (unpaired) electrons. The molecule has 0 aromatic heterocycles. The van der Waals surface area contributed by atoms with Crippen LogP contribution in [0.1, 0.15) is 58.8 Å². The molecule has 0 aromatic rings. The highest BCUT2D eigenvalue weighted by Gasteiger charge is 2.30. The molecule has 0 bridgehead atoms. The van der Waals surface area contributed by atoms with E-state index in [4.69, 9.17) is 20.1 Å². The second-order valence-electron chi connectivity index (χ2n) is 6.51.